The molecule has 2 atom stereocenters. The number of nitrogens with zero attached hydrogens (tertiary/aromatic N) is 2. The minimum Gasteiger partial charge on any atom is -0.461 e. The monoisotopic (exact) mass is 247 g/mol. The Bertz CT molecular complexity index is 506. The summed E-state index contributed by atoms with van der Waals surface area (Å²) in [4.78, 5) is 2.33. The maximum atomic E-state index is 6.00. The lowest BCUT2D eigenvalue weighted by Gasteiger charge is -2.21. The van der Waals surface area contributed by atoms with E-state index in [4.69, 9.17) is 14.7 Å². The van der Waals surface area contributed by atoms with Gasteiger partial charge >= 0.3 is 0 Å². The van der Waals surface area contributed by atoms with Crippen molar-refractivity contribution in [3.8, 4) is 11.5 Å². The Balaban J connectivity index is 1.71. The Morgan fingerprint density at radius 3 is 3.06 bits per heavy atom. The van der Waals surface area contributed by atoms with Crippen molar-refractivity contribution in [2.75, 3.05) is 6.54 Å². The van der Waals surface area contributed by atoms with Gasteiger partial charge in [0, 0.05) is 31.2 Å². The summed E-state index contributed by atoms with van der Waals surface area (Å²) in [5.74, 6) is 1.38. The highest BCUT2D eigenvalue weighted by Gasteiger charge is 2.28. The molecule has 1 fully saturated rings. The molecule has 2 N–H and O–H groups in total. The van der Waals surface area contributed by atoms with E-state index in [-0.39, 0.29) is 6.04 Å². The maximum absolute atomic E-state index is 6.00. The molecule has 5 nitrogen and oxygen atoms in total. The van der Waals surface area contributed by atoms with Crippen molar-refractivity contribution in [1.29, 1.82) is 0 Å². The lowest BCUT2D eigenvalue weighted by molar-refractivity contribution is 0.243. The summed E-state index contributed by atoms with van der Waals surface area (Å²) in [7, 11) is 0. The molecule has 0 aliphatic carbocycles. The molecular weight excluding hydrogens is 230 g/mol. The SMILES string of the molecule is CC1C(N)CCN1Cc1cc(-c2ccco2)on1. The van der Waals surface area contributed by atoms with Crippen LogP contribution in [0.3, 0.4) is 0 Å². The van der Waals surface area contributed by atoms with Crippen molar-refractivity contribution in [2.45, 2.75) is 32.0 Å². The minimum atomic E-state index is 0.265. The van der Waals surface area contributed by atoms with Gasteiger partial charge in [-0.15, -0.1) is 0 Å². The third-order valence-corrected chi connectivity index (χ3v) is 3.63. The normalized spacial score (nSPS) is 24.8. The number of furan rings is 1. The Morgan fingerprint density at radius 1 is 1.50 bits per heavy atom. The summed E-state index contributed by atoms with van der Waals surface area (Å²) in [5.41, 5.74) is 6.92. The van der Waals surface area contributed by atoms with Gasteiger partial charge in [0.1, 0.15) is 0 Å². The summed E-state index contributed by atoms with van der Waals surface area (Å²) in [5, 5.41) is 4.08. The van der Waals surface area contributed by atoms with Crippen LogP contribution in [0.25, 0.3) is 11.5 Å². The number of hydrogen-bond acceptors (Lipinski definition) is 5. The van der Waals surface area contributed by atoms with Crippen LogP contribution in [0.4, 0.5) is 0 Å². The van der Waals surface area contributed by atoms with Crippen LogP contribution in [0.15, 0.2) is 33.4 Å². The molecule has 1 aliphatic heterocycles. The fourth-order valence-electron chi connectivity index (χ4n) is 2.38. The Hall–Kier alpha value is -1.59. The number of likely N-dealkylation sites (tertiary alicyclic amines) is 1. The van der Waals surface area contributed by atoms with Gasteiger partial charge in [-0.2, -0.15) is 0 Å². The van der Waals surface area contributed by atoms with Crippen LogP contribution in [-0.4, -0.2) is 28.7 Å². The summed E-state index contributed by atoms with van der Waals surface area (Å²) in [6.07, 6.45) is 2.67. The van der Waals surface area contributed by atoms with Gasteiger partial charge in [-0.25, -0.2) is 0 Å². The first-order chi connectivity index (χ1) is 8.74. The van der Waals surface area contributed by atoms with E-state index >= 15 is 0 Å². The Kier molecular flexibility index (Phi) is 2.93. The van der Waals surface area contributed by atoms with Crippen LogP contribution in [0.1, 0.15) is 19.0 Å². The third kappa shape index (κ3) is 2.07. The van der Waals surface area contributed by atoms with E-state index in [0.717, 1.165) is 25.2 Å². The molecule has 3 heterocycles. The molecule has 96 valence electrons. The van der Waals surface area contributed by atoms with Crippen molar-refractivity contribution in [3.63, 3.8) is 0 Å². The maximum Gasteiger partial charge on any atom is 0.202 e. The quantitative estimate of drug-likeness (QED) is 0.896. The van der Waals surface area contributed by atoms with Crippen molar-refractivity contribution in [3.05, 3.63) is 30.2 Å². The summed E-state index contributed by atoms with van der Waals surface area (Å²) in [6.45, 7) is 3.95. The zero-order valence-electron chi connectivity index (χ0n) is 10.4. The van der Waals surface area contributed by atoms with E-state index in [9.17, 15) is 0 Å². The molecule has 1 aliphatic rings. The van der Waals surface area contributed by atoms with Crippen molar-refractivity contribution < 1.29 is 8.94 Å². The van der Waals surface area contributed by atoms with Gasteiger partial charge in [0.15, 0.2) is 5.76 Å². The largest absolute Gasteiger partial charge is 0.461 e. The highest BCUT2D eigenvalue weighted by molar-refractivity contribution is 5.49. The second-order valence-corrected chi connectivity index (χ2v) is 4.82. The molecule has 3 rings (SSSR count). The number of hydrogen-bond donors (Lipinski definition) is 1. The lowest BCUT2D eigenvalue weighted by Crippen LogP contribution is -2.36. The van der Waals surface area contributed by atoms with Gasteiger partial charge in [0.05, 0.1) is 12.0 Å². The molecule has 0 bridgehead atoms. The Labute approximate surface area is 106 Å². The van der Waals surface area contributed by atoms with Gasteiger partial charge < -0.3 is 14.7 Å². The fourth-order valence-corrected chi connectivity index (χ4v) is 2.38. The van der Waals surface area contributed by atoms with Crippen molar-refractivity contribution in [1.82, 2.24) is 10.1 Å². The smallest absolute Gasteiger partial charge is 0.202 e. The van der Waals surface area contributed by atoms with Crippen LogP contribution in [0.2, 0.25) is 0 Å². The molecule has 0 amide bonds. The molecule has 5 heteroatoms. The van der Waals surface area contributed by atoms with E-state index in [1.165, 1.54) is 0 Å². The molecule has 0 aromatic carbocycles. The minimum absolute atomic E-state index is 0.265. The zero-order chi connectivity index (χ0) is 12.5. The number of rotatable bonds is 3. The van der Waals surface area contributed by atoms with E-state index in [1.54, 1.807) is 6.26 Å². The van der Waals surface area contributed by atoms with E-state index in [1.807, 2.05) is 18.2 Å². The zero-order valence-corrected chi connectivity index (χ0v) is 10.4. The average molecular weight is 247 g/mol. The fraction of sp³-hybridized carbons (Fsp3) is 0.462. The summed E-state index contributed by atoms with van der Waals surface area (Å²) in [6, 6.07) is 6.28. The summed E-state index contributed by atoms with van der Waals surface area (Å²) >= 11 is 0. The van der Waals surface area contributed by atoms with E-state index in [2.05, 4.69) is 17.0 Å². The predicted molar refractivity (Wildman–Crippen MR) is 66.7 cm³/mol. The molecular formula is C13H17N3O2. The molecule has 1 saturated heterocycles. The van der Waals surface area contributed by atoms with Crippen LogP contribution >= 0.6 is 0 Å². The van der Waals surface area contributed by atoms with E-state index < -0.39 is 0 Å². The average Bonchev–Trinajstić information content (AvgIpc) is 3.06. The first-order valence-electron chi connectivity index (χ1n) is 6.23. The predicted octanol–water partition coefficient (Wildman–Crippen LogP) is 1.86. The van der Waals surface area contributed by atoms with Crippen molar-refractivity contribution in [2.24, 2.45) is 5.73 Å². The third-order valence-electron chi connectivity index (χ3n) is 3.63. The van der Waals surface area contributed by atoms with Crippen LogP contribution in [0, 0.1) is 0 Å². The highest BCUT2D eigenvalue weighted by Crippen LogP contribution is 2.23. The first kappa shape index (κ1) is 11.5. The van der Waals surface area contributed by atoms with Crippen LogP contribution in [-0.2, 0) is 6.54 Å². The lowest BCUT2D eigenvalue weighted by atomic mass is 10.2. The molecule has 18 heavy (non-hydrogen) atoms. The molecule has 0 saturated carbocycles. The van der Waals surface area contributed by atoms with Crippen LogP contribution < -0.4 is 5.73 Å². The number of aromatic nitrogens is 1. The van der Waals surface area contributed by atoms with Gasteiger partial charge in [-0.1, -0.05) is 5.16 Å². The molecule has 2 aromatic rings. The van der Waals surface area contributed by atoms with Crippen molar-refractivity contribution >= 4 is 0 Å². The standard InChI is InChI=1S/C13H17N3O2/c1-9-11(14)4-5-16(9)8-10-7-13(18-15-10)12-3-2-6-17-12/h2-3,6-7,9,11H,4-5,8,14H2,1H3. The molecule has 2 unspecified atom stereocenters. The van der Waals surface area contributed by atoms with Gasteiger partial charge in [-0.05, 0) is 25.5 Å². The topological polar surface area (TPSA) is 68.4 Å². The summed E-state index contributed by atoms with van der Waals surface area (Å²) < 4.78 is 10.6. The van der Waals surface area contributed by atoms with Gasteiger partial charge in [0.25, 0.3) is 0 Å². The van der Waals surface area contributed by atoms with Crippen LogP contribution in [0.5, 0.6) is 0 Å². The molecule has 0 radical (unpaired) electrons. The number of nitrogens with two attached hydrogens (primary N) is 1. The highest BCUT2D eigenvalue weighted by atomic mass is 16.5. The first-order valence-corrected chi connectivity index (χ1v) is 6.23. The van der Waals surface area contributed by atoms with Gasteiger partial charge in [0.2, 0.25) is 5.76 Å². The molecule has 2 aromatic heterocycles. The second kappa shape index (κ2) is 4.59. The second-order valence-electron chi connectivity index (χ2n) is 4.82. The van der Waals surface area contributed by atoms with Gasteiger partial charge in [-0.3, -0.25) is 4.90 Å². The van der Waals surface area contributed by atoms with E-state index in [0.29, 0.717) is 17.6 Å². The molecule has 0 spiro atoms. The Morgan fingerprint density at radius 2 is 2.39 bits per heavy atom.